The summed E-state index contributed by atoms with van der Waals surface area (Å²) in [5.41, 5.74) is 0.445. The molecule has 0 amide bonds. The lowest BCUT2D eigenvalue weighted by molar-refractivity contribution is 0.0696. The van der Waals surface area contributed by atoms with Gasteiger partial charge in [-0.2, -0.15) is 12.6 Å². The Hall–Kier alpha value is -1.47. The van der Waals surface area contributed by atoms with Gasteiger partial charge in [-0.25, -0.2) is 9.78 Å². The van der Waals surface area contributed by atoms with E-state index in [4.69, 9.17) is 5.11 Å². The number of pyridine rings is 1. The Kier molecular flexibility index (Phi) is 4.02. The van der Waals surface area contributed by atoms with Crippen molar-refractivity contribution in [3.63, 3.8) is 0 Å². The zero-order valence-electron chi connectivity index (χ0n) is 7.40. The van der Waals surface area contributed by atoms with E-state index in [1.165, 1.54) is 12.3 Å². The van der Waals surface area contributed by atoms with E-state index < -0.39 is 5.97 Å². The summed E-state index contributed by atoms with van der Waals surface area (Å²) in [4.78, 5) is 14.6. The maximum Gasteiger partial charge on any atom is 0.338 e. The molecule has 1 N–H and O–H groups in total. The number of aromatic nitrogens is 1. The molecule has 1 aromatic heterocycles. The molecular formula is C10H9NO2S. The first-order valence-corrected chi connectivity index (χ1v) is 4.67. The van der Waals surface area contributed by atoms with E-state index in [-0.39, 0.29) is 5.56 Å². The van der Waals surface area contributed by atoms with Gasteiger partial charge >= 0.3 is 5.97 Å². The first kappa shape index (κ1) is 10.6. The van der Waals surface area contributed by atoms with E-state index in [9.17, 15) is 4.79 Å². The van der Waals surface area contributed by atoms with Crippen molar-refractivity contribution in [3.05, 3.63) is 29.6 Å². The van der Waals surface area contributed by atoms with Gasteiger partial charge < -0.3 is 5.11 Å². The Labute approximate surface area is 87.6 Å². The Bertz CT molecular complexity index is 393. The third-order valence-corrected chi connectivity index (χ3v) is 1.71. The van der Waals surface area contributed by atoms with Crippen LogP contribution >= 0.6 is 12.6 Å². The molecule has 0 radical (unpaired) electrons. The van der Waals surface area contributed by atoms with E-state index in [2.05, 4.69) is 29.5 Å². The van der Waals surface area contributed by atoms with Crippen LogP contribution in [0.1, 0.15) is 22.5 Å². The lowest BCUT2D eigenvalue weighted by Gasteiger charge is -1.95. The SMILES string of the molecule is O=C(O)c1cccnc1C#CCCS. The third kappa shape index (κ3) is 2.79. The quantitative estimate of drug-likeness (QED) is 0.570. The van der Waals surface area contributed by atoms with Crippen molar-refractivity contribution < 1.29 is 9.90 Å². The van der Waals surface area contributed by atoms with E-state index in [1.807, 2.05) is 0 Å². The highest BCUT2D eigenvalue weighted by Gasteiger charge is 2.07. The summed E-state index contributed by atoms with van der Waals surface area (Å²) < 4.78 is 0. The van der Waals surface area contributed by atoms with Gasteiger partial charge in [0.25, 0.3) is 0 Å². The van der Waals surface area contributed by atoms with Crippen molar-refractivity contribution in [2.75, 3.05) is 5.75 Å². The lowest BCUT2D eigenvalue weighted by atomic mass is 10.2. The number of carboxylic acids is 1. The summed E-state index contributed by atoms with van der Waals surface area (Å²) in [7, 11) is 0. The van der Waals surface area contributed by atoms with Crippen molar-refractivity contribution >= 4 is 18.6 Å². The van der Waals surface area contributed by atoms with Gasteiger partial charge in [-0.1, -0.05) is 5.92 Å². The molecule has 0 aromatic carbocycles. The van der Waals surface area contributed by atoms with Crippen LogP contribution in [0.4, 0.5) is 0 Å². The minimum absolute atomic E-state index is 0.138. The van der Waals surface area contributed by atoms with Crippen molar-refractivity contribution in [1.29, 1.82) is 0 Å². The Morgan fingerprint density at radius 1 is 1.64 bits per heavy atom. The average Bonchev–Trinajstić information content (AvgIpc) is 2.19. The molecule has 0 unspecified atom stereocenters. The third-order valence-electron chi connectivity index (χ3n) is 1.48. The minimum atomic E-state index is -1.01. The Balaban J connectivity index is 2.97. The fraction of sp³-hybridized carbons (Fsp3) is 0.200. The molecule has 0 saturated carbocycles. The molecule has 0 saturated heterocycles. The van der Waals surface area contributed by atoms with E-state index in [1.54, 1.807) is 6.07 Å². The second kappa shape index (κ2) is 5.30. The molecule has 1 rings (SSSR count). The van der Waals surface area contributed by atoms with Crippen molar-refractivity contribution in [3.8, 4) is 11.8 Å². The van der Waals surface area contributed by atoms with Crippen molar-refractivity contribution in [2.45, 2.75) is 6.42 Å². The second-order valence-electron chi connectivity index (χ2n) is 2.48. The van der Waals surface area contributed by atoms with Crippen LogP contribution in [0.5, 0.6) is 0 Å². The fourth-order valence-corrected chi connectivity index (χ4v) is 0.991. The van der Waals surface area contributed by atoms with E-state index in [0.717, 1.165) is 0 Å². The molecule has 72 valence electrons. The van der Waals surface area contributed by atoms with Crippen LogP contribution in [-0.2, 0) is 0 Å². The fourth-order valence-electron chi connectivity index (χ4n) is 0.880. The number of thiol groups is 1. The van der Waals surface area contributed by atoms with Crippen LogP contribution in [0.3, 0.4) is 0 Å². The molecule has 0 bridgehead atoms. The summed E-state index contributed by atoms with van der Waals surface area (Å²) in [6.07, 6.45) is 2.15. The van der Waals surface area contributed by atoms with Gasteiger partial charge in [-0.05, 0) is 18.1 Å². The summed E-state index contributed by atoms with van der Waals surface area (Å²) in [6, 6.07) is 3.06. The van der Waals surface area contributed by atoms with Gasteiger partial charge in [0.15, 0.2) is 0 Å². The summed E-state index contributed by atoms with van der Waals surface area (Å²) in [5.74, 6) is 5.15. The zero-order valence-corrected chi connectivity index (χ0v) is 8.29. The monoisotopic (exact) mass is 207 g/mol. The molecule has 3 nitrogen and oxygen atoms in total. The standard InChI is InChI=1S/C10H9NO2S/c12-10(13)8-4-3-6-11-9(8)5-1-2-7-14/h3-4,6,14H,2,7H2,(H,12,13). The van der Waals surface area contributed by atoms with Gasteiger partial charge in [0, 0.05) is 18.4 Å². The van der Waals surface area contributed by atoms with Crippen LogP contribution in [0.15, 0.2) is 18.3 Å². The highest BCUT2D eigenvalue weighted by Crippen LogP contribution is 2.03. The molecule has 1 aromatic rings. The predicted molar refractivity (Wildman–Crippen MR) is 56.5 cm³/mol. The topological polar surface area (TPSA) is 50.2 Å². The highest BCUT2D eigenvalue weighted by molar-refractivity contribution is 7.80. The van der Waals surface area contributed by atoms with Gasteiger partial charge in [-0.15, -0.1) is 0 Å². The lowest BCUT2D eigenvalue weighted by Crippen LogP contribution is -2.01. The number of rotatable bonds is 2. The molecular weight excluding hydrogens is 198 g/mol. The molecule has 0 aliphatic carbocycles. The number of aromatic carboxylic acids is 1. The van der Waals surface area contributed by atoms with Crippen LogP contribution in [-0.4, -0.2) is 21.8 Å². The normalized spacial score (nSPS) is 8.93. The van der Waals surface area contributed by atoms with Gasteiger partial charge in [0.1, 0.15) is 5.69 Å². The molecule has 14 heavy (non-hydrogen) atoms. The first-order valence-electron chi connectivity index (χ1n) is 4.03. The van der Waals surface area contributed by atoms with E-state index >= 15 is 0 Å². The predicted octanol–water partition coefficient (Wildman–Crippen LogP) is 1.45. The number of hydrogen-bond donors (Lipinski definition) is 2. The maximum absolute atomic E-state index is 10.7. The highest BCUT2D eigenvalue weighted by atomic mass is 32.1. The number of hydrogen-bond acceptors (Lipinski definition) is 3. The van der Waals surface area contributed by atoms with Crippen molar-refractivity contribution in [1.82, 2.24) is 4.98 Å². The molecule has 0 atom stereocenters. The minimum Gasteiger partial charge on any atom is -0.478 e. The van der Waals surface area contributed by atoms with Gasteiger partial charge in [-0.3, -0.25) is 0 Å². The largest absolute Gasteiger partial charge is 0.478 e. The average molecular weight is 207 g/mol. The maximum atomic E-state index is 10.7. The molecule has 0 fully saturated rings. The van der Waals surface area contributed by atoms with E-state index in [0.29, 0.717) is 17.9 Å². The first-order chi connectivity index (χ1) is 6.75. The Morgan fingerprint density at radius 3 is 3.07 bits per heavy atom. The van der Waals surface area contributed by atoms with Gasteiger partial charge in [0.05, 0.1) is 5.56 Å². The molecule has 1 heterocycles. The molecule has 0 spiro atoms. The smallest absolute Gasteiger partial charge is 0.338 e. The second-order valence-corrected chi connectivity index (χ2v) is 2.93. The van der Waals surface area contributed by atoms with Crippen LogP contribution in [0.2, 0.25) is 0 Å². The van der Waals surface area contributed by atoms with Crippen LogP contribution < -0.4 is 0 Å². The zero-order chi connectivity index (χ0) is 10.4. The Morgan fingerprint density at radius 2 is 2.43 bits per heavy atom. The number of carbonyl (C=O) groups is 1. The molecule has 4 heteroatoms. The van der Waals surface area contributed by atoms with Crippen LogP contribution in [0, 0.1) is 11.8 Å². The van der Waals surface area contributed by atoms with Crippen LogP contribution in [0.25, 0.3) is 0 Å². The molecule has 0 aliphatic rings. The number of nitrogens with zero attached hydrogens (tertiary/aromatic N) is 1. The number of carboxylic acid groups (broad SMARTS) is 1. The summed E-state index contributed by atoms with van der Waals surface area (Å²) in [6.45, 7) is 0. The molecule has 0 aliphatic heterocycles. The van der Waals surface area contributed by atoms with Crippen molar-refractivity contribution in [2.24, 2.45) is 0 Å². The van der Waals surface area contributed by atoms with Gasteiger partial charge in [0.2, 0.25) is 0 Å². The summed E-state index contributed by atoms with van der Waals surface area (Å²) >= 11 is 3.99. The summed E-state index contributed by atoms with van der Waals surface area (Å²) in [5, 5.41) is 8.80.